The first-order valence-electron chi connectivity index (χ1n) is 3.13. The summed E-state index contributed by atoms with van der Waals surface area (Å²) in [4.78, 5) is 0. The molecule has 0 aliphatic carbocycles. The molecule has 0 aromatic carbocycles. The maximum absolute atomic E-state index is 9.10. The van der Waals surface area contributed by atoms with Crippen molar-refractivity contribution in [3.05, 3.63) is 0 Å². The lowest BCUT2D eigenvalue weighted by Crippen LogP contribution is -2.16. The molecular weight excluding hydrogens is 120 g/mol. The average molecular weight is 132 g/mol. The van der Waals surface area contributed by atoms with Gasteiger partial charge in [0.2, 0.25) is 12.1 Å². The van der Waals surface area contributed by atoms with Crippen molar-refractivity contribution in [2.75, 3.05) is 0 Å². The lowest BCUT2D eigenvalue weighted by molar-refractivity contribution is 0.0167. The van der Waals surface area contributed by atoms with Crippen molar-refractivity contribution in [3.8, 4) is 0 Å². The van der Waals surface area contributed by atoms with Crippen LogP contribution in [-0.2, 0) is 4.74 Å². The molecule has 0 amide bonds. The lowest BCUT2D eigenvalue weighted by atomic mass is 10.1. The Kier molecular flexibility index (Phi) is 1.50. The normalized spacial score (nSPS) is 41.7. The highest BCUT2D eigenvalue weighted by molar-refractivity contribution is 4.84. The van der Waals surface area contributed by atoms with Gasteiger partial charge in [-0.1, -0.05) is 13.8 Å². The molecule has 0 spiro atoms. The molecule has 2 N–H and O–H groups in total. The second kappa shape index (κ2) is 1.94. The second-order valence-electron chi connectivity index (χ2n) is 2.91. The summed E-state index contributed by atoms with van der Waals surface area (Å²) < 4.78 is 4.53. The Labute approximate surface area is 54.3 Å². The van der Waals surface area contributed by atoms with E-state index in [2.05, 4.69) is 4.74 Å². The number of aliphatic hydroxyl groups excluding tert-OH is 1. The van der Waals surface area contributed by atoms with Crippen molar-refractivity contribution in [3.63, 3.8) is 0 Å². The van der Waals surface area contributed by atoms with Crippen LogP contribution in [0.25, 0.3) is 0 Å². The Bertz CT molecular complexity index is 113. The SMILES string of the molecule is CC(C)CC1(O)OC1O. The third-order valence-corrected chi connectivity index (χ3v) is 1.35. The highest BCUT2D eigenvalue weighted by Gasteiger charge is 2.54. The van der Waals surface area contributed by atoms with Gasteiger partial charge in [0.05, 0.1) is 0 Å². The van der Waals surface area contributed by atoms with Gasteiger partial charge in [0, 0.05) is 6.42 Å². The average Bonchev–Trinajstić information content (AvgIpc) is 2.10. The van der Waals surface area contributed by atoms with Crippen molar-refractivity contribution in [1.82, 2.24) is 0 Å². The van der Waals surface area contributed by atoms with Crippen LogP contribution >= 0.6 is 0 Å². The first-order chi connectivity index (χ1) is 4.04. The van der Waals surface area contributed by atoms with E-state index >= 15 is 0 Å². The zero-order valence-electron chi connectivity index (χ0n) is 5.66. The van der Waals surface area contributed by atoms with Crippen molar-refractivity contribution in [1.29, 1.82) is 0 Å². The minimum absolute atomic E-state index is 0.354. The van der Waals surface area contributed by atoms with Crippen LogP contribution in [0, 0.1) is 5.92 Å². The highest BCUT2D eigenvalue weighted by atomic mass is 16.8. The molecule has 2 atom stereocenters. The summed E-state index contributed by atoms with van der Waals surface area (Å²) in [6.45, 7) is 3.93. The molecule has 9 heavy (non-hydrogen) atoms. The quantitative estimate of drug-likeness (QED) is 0.523. The fraction of sp³-hybridized carbons (Fsp3) is 1.00. The topological polar surface area (TPSA) is 53.0 Å². The summed E-state index contributed by atoms with van der Waals surface area (Å²) in [6.07, 6.45) is -0.436. The first kappa shape index (κ1) is 6.99. The molecule has 0 aromatic rings. The van der Waals surface area contributed by atoms with Gasteiger partial charge in [-0.2, -0.15) is 0 Å². The van der Waals surface area contributed by atoms with E-state index in [0.717, 1.165) is 0 Å². The molecule has 2 unspecified atom stereocenters. The molecule has 1 saturated heterocycles. The van der Waals surface area contributed by atoms with E-state index in [9.17, 15) is 0 Å². The van der Waals surface area contributed by atoms with Gasteiger partial charge in [0.25, 0.3) is 0 Å². The van der Waals surface area contributed by atoms with E-state index in [0.29, 0.717) is 12.3 Å². The van der Waals surface area contributed by atoms with Crippen molar-refractivity contribution in [2.45, 2.75) is 32.3 Å². The number of ether oxygens (including phenoxy) is 1. The van der Waals surface area contributed by atoms with Crippen molar-refractivity contribution < 1.29 is 14.9 Å². The van der Waals surface area contributed by atoms with Crippen LogP contribution in [0.5, 0.6) is 0 Å². The third-order valence-electron chi connectivity index (χ3n) is 1.35. The number of rotatable bonds is 2. The predicted molar refractivity (Wildman–Crippen MR) is 31.5 cm³/mol. The summed E-state index contributed by atoms with van der Waals surface area (Å²) in [5.74, 6) is -0.860. The van der Waals surface area contributed by atoms with Crippen molar-refractivity contribution in [2.24, 2.45) is 5.92 Å². The zero-order valence-corrected chi connectivity index (χ0v) is 5.66. The summed E-state index contributed by atoms with van der Waals surface area (Å²) in [5.41, 5.74) is 0. The van der Waals surface area contributed by atoms with Gasteiger partial charge in [0.15, 0.2) is 0 Å². The van der Waals surface area contributed by atoms with Gasteiger partial charge in [0.1, 0.15) is 0 Å². The molecule has 3 nitrogen and oxygen atoms in total. The fourth-order valence-electron chi connectivity index (χ4n) is 0.893. The van der Waals surface area contributed by atoms with E-state index in [1.165, 1.54) is 0 Å². The molecule has 1 aliphatic rings. The second-order valence-corrected chi connectivity index (χ2v) is 2.91. The Balaban J connectivity index is 2.29. The minimum Gasteiger partial charge on any atom is -0.364 e. The van der Waals surface area contributed by atoms with Crippen molar-refractivity contribution >= 4 is 0 Å². The van der Waals surface area contributed by atoms with E-state index in [-0.39, 0.29) is 0 Å². The van der Waals surface area contributed by atoms with Crippen LogP contribution < -0.4 is 0 Å². The Morgan fingerprint density at radius 2 is 2.11 bits per heavy atom. The Hall–Kier alpha value is -0.120. The molecule has 54 valence electrons. The van der Waals surface area contributed by atoms with Gasteiger partial charge in [-0.05, 0) is 5.92 Å². The zero-order chi connectivity index (χ0) is 7.07. The van der Waals surface area contributed by atoms with E-state index < -0.39 is 12.1 Å². The monoisotopic (exact) mass is 132 g/mol. The van der Waals surface area contributed by atoms with Gasteiger partial charge >= 0.3 is 0 Å². The van der Waals surface area contributed by atoms with E-state index in [1.807, 2.05) is 13.8 Å². The summed E-state index contributed by atoms with van der Waals surface area (Å²) in [5, 5.41) is 17.8. The molecular formula is C6H12O3. The van der Waals surface area contributed by atoms with Crippen LogP contribution in [0.2, 0.25) is 0 Å². The minimum atomic E-state index is -1.21. The molecule has 0 bridgehead atoms. The lowest BCUT2D eigenvalue weighted by Gasteiger charge is -2.05. The van der Waals surface area contributed by atoms with E-state index in [4.69, 9.17) is 10.2 Å². The first-order valence-corrected chi connectivity index (χ1v) is 3.13. The number of hydrogen-bond donors (Lipinski definition) is 2. The van der Waals surface area contributed by atoms with Crippen LogP contribution in [0.4, 0.5) is 0 Å². The molecule has 0 saturated carbocycles. The molecule has 0 aromatic heterocycles. The van der Waals surface area contributed by atoms with Gasteiger partial charge in [-0.25, -0.2) is 0 Å². The van der Waals surface area contributed by atoms with Crippen LogP contribution in [0.1, 0.15) is 20.3 Å². The number of aliphatic hydroxyl groups is 2. The maximum atomic E-state index is 9.10. The molecule has 0 radical (unpaired) electrons. The van der Waals surface area contributed by atoms with Crippen LogP contribution in [0.15, 0.2) is 0 Å². The predicted octanol–water partition coefficient (Wildman–Crippen LogP) is 0.0697. The smallest absolute Gasteiger partial charge is 0.220 e. The number of hydrogen-bond acceptors (Lipinski definition) is 3. The maximum Gasteiger partial charge on any atom is 0.220 e. The molecule has 1 rings (SSSR count). The molecule has 1 heterocycles. The van der Waals surface area contributed by atoms with E-state index in [1.54, 1.807) is 0 Å². The largest absolute Gasteiger partial charge is 0.364 e. The fourth-order valence-corrected chi connectivity index (χ4v) is 0.893. The highest BCUT2D eigenvalue weighted by Crippen LogP contribution is 2.36. The van der Waals surface area contributed by atoms with Crippen LogP contribution in [0.3, 0.4) is 0 Å². The summed E-state index contributed by atoms with van der Waals surface area (Å²) in [6, 6.07) is 0. The third kappa shape index (κ3) is 1.41. The Morgan fingerprint density at radius 1 is 1.67 bits per heavy atom. The molecule has 1 aliphatic heterocycles. The van der Waals surface area contributed by atoms with Gasteiger partial charge < -0.3 is 14.9 Å². The van der Waals surface area contributed by atoms with Crippen LogP contribution in [-0.4, -0.2) is 22.3 Å². The summed E-state index contributed by atoms with van der Waals surface area (Å²) >= 11 is 0. The summed E-state index contributed by atoms with van der Waals surface area (Å²) in [7, 11) is 0. The molecule has 3 heteroatoms. The molecule has 1 fully saturated rings. The standard InChI is InChI=1S/C6H12O3/c1-4(2)3-6(8)5(7)9-6/h4-5,7-8H,3H2,1-2H3. The Morgan fingerprint density at radius 3 is 2.22 bits per heavy atom. The number of epoxide rings is 1. The van der Waals surface area contributed by atoms with Gasteiger partial charge in [-0.15, -0.1) is 0 Å². The van der Waals surface area contributed by atoms with Gasteiger partial charge in [-0.3, -0.25) is 0 Å².